The number of aryl methyl sites for hydroxylation is 2. The van der Waals surface area contributed by atoms with Gasteiger partial charge in [0, 0.05) is 24.1 Å². The molecule has 0 fully saturated rings. The number of amides is 1. The Hall–Kier alpha value is -2.07. The molecule has 0 radical (unpaired) electrons. The third-order valence-electron chi connectivity index (χ3n) is 3.96. The molecule has 1 aliphatic heterocycles. The van der Waals surface area contributed by atoms with E-state index in [-0.39, 0.29) is 5.91 Å². The van der Waals surface area contributed by atoms with Crippen LogP contribution >= 0.6 is 0 Å². The summed E-state index contributed by atoms with van der Waals surface area (Å²) in [5.74, 6) is 0.871. The van der Waals surface area contributed by atoms with E-state index in [2.05, 4.69) is 5.32 Å². The molecule has 1 aliphatic rings. The number of aliphatic hydroxyl groups excluding tert-OH is 1. The van der Waals surface area contributed by atoms with E-state index in [4.69, 9.17) is 4.42 Å². The molecular weight excluding hydrogens is 266 g/mol. The van der Waals surface area contributed by atoms with E-state index < -0.39 is 6.10 Å². The lowest BCUT2D eigenvalue weighted by molar-refractivity contribution is -0.116. The molecule has 1 atom stereocenters. The number of fused-ring (bicyclic) bond motifs is 1. The maximum atomic E-state index is 11.6. The summed E-state index contributed by atoms with van der Waals surface area (Å²) in [7, 11) is 0. The molecule has 4 nitrogen and oxygen atoms in total. The quantitative estimate of drug-likeness (QED) is 0.910. The molecule has 0 saturated heterocycles. The molecule has 2 N–H and O–H groups in total. The summed E-state index contributed by atoms with van der Waals surface area (Å²) in [6.07, 6.45) is 3.91. The fourth-order valence-corrected chi connectivity index (χ4v) is 2.83. The van der Waals surface area contributed by atoms with Gasteiger partial charge in [-0.3, -0.25) is 4.79 Å². The number of carbonyl (C=O) groups excluding carboxylic acids is 1. The fraction of sp³-hybridized carbons (Fsp3) is 0.353. The summed E-state index contributed by atoms with van der Waals surface area (Å²) >= 11 is 0. The van der Waals surface area contributed by atoms with Crippen molar-refractivity contribution in [3.8, 4) is 0 Å². The topological polar surface area (TPSA) is 62.5 Å². The van der Waals surface area contributed by atoms with E-state index in [1.54, 1.807) is 6.26 Å². The predicted molar refractivity (Wildman–Crippen MR) is 80.2 cm³/mol. The van der Waals surface area contributed by atoms with Gasteiger partial charge in [0.25, 0.3) is 0 Å². The van der Waals surface area contributed by atoms with Crippen LogP contribution in [0.1, 0.15) is 48.3 Å². The fourth-order valence-electron chi connectivity index (χ4n) is 2.83. The van der Waals surface area contributed by atoms with Crippen molar-refractivity contribution in [2.24, 2.45) is 0 Å². The molecule has 21 heavy (non-hydrogen) atoms. The summed E-state index contributed by atoms with van der Waals surface area (Å²) in [5, 5.41) is 13.5. The molecule has 0 bridgehead atoms. The third-order valence-corrected chi connectivity index (χ3v) is 3.96. The Morgan fingerprint density at radius 1 is 1.33 bits per heavy atom. The monoisotopic (exact) mass is 285 g/mol. The van der Waals surface area contributed by atoms with Crippen LogP contribution in [0.25, 0.3) is 0 Å². The average Bonchev–Trinajstić information content (AvgIpc) is 2.88. The third kappa shape index (κ3) is 2.72. The van der Waals surface area contributed by atoms with Gasteiger partial charge in [-0.25, -0.2) is 0 Å². The van der Waals surface area contributed by atoms with Gasteiger partial charge in [0.2, 0.25) is 5.91 Å². The number of nitrogens with one attached hydrogen (secondary N) is 1. The summed E-state index contributed by atoms with van der Waals surface area (Å²) in [6, 6.07) is 7.54. The summed E-state index contributed by atoms with van der Waals surface area (Å²) in [4.78, 5) is 11.6. The minimum absolute atomic E-state index is 0.0603. The number of hydrogen-bond acceptors (Lipinski definition) is 3. The van der Waals surface area contributed by atoms with Crippen molar-refractivity contribution in [1.29, 1.82) is 0 Å². The molecule has 1 aromatic heterocycles. The Morgan fingerprint density at radius 3 is 3.00 bits per heavy atom. The predicted octanol–water partition coefficient (Wildman–Crippen LogP) is 3.20. The highest BCUT2D eigenvalue weighted by Gasteiger charge is 2.19. The van der Waals surface area contributed by atoms with Crippen LogP contribution in [0.15, 0.2) is 34.9 Å². The number of benzene rings is 1. The smallest absolute Gasteiger partial charge is 0.224 e. The minimum Gasteiger partial charge on any atom is -0.469 e. The van der Waals surface area contributed by atoms with E-state index in [0.29, 0.717) is 6.42 Å². The second kappa shape index (κ2) is 5.74. The zero-order valence-electron chi connectivity index (χ0n) is 12.1. The van der Waals surface area contributed by atoms with Crippen LogP contribution in [-0.4, -0.2) is 11.0 Å². The van der Waals surface area contributed by atoms with Crippen LogP contribution in [0.5, 0.6) is 0 Å². The maximum Gasteiger partial charge on any atom is 0.224 e. The normalized spacial score (nSPS) is 16.0. The van der Waals surface area contributed by atoms with Crippen LogP contribution in [-0.2, 0) is 17.6 Å². The molecule has 1 aromatic carbocycles. The summed E-state index contributed by atoms with van der Waals surface area (Å²) < 4.78 is 5.39. The van der Waals surface area contributed by atoms with Gasteiger partial charge >= 0.3 is 0 Å². The Bertz CT molecular complexity index is 660. The van der Waals surface area contributed by atoms with Crippen molar-refractivity contribution in [2.75, 3.05) is 5.32 Å². The molecule has 110 valence electrons. The van der Waals surface area contributed by atoms with Crippen molar-refractivity contribution < 1.29 is 14.3 Å². The summed E-state index contributed by atoms with van der Waals surface area (Å²) in [6.45, 7) is 2.00. The van der Waals surface area contributed by atoms with Crippen LogP contribution in [0.4, 0.5) is 5.69 Å². The zero-order valence-corrected chi connectivity index (χ0v) is 12.1. The van der Waals surface area contributed by atoms with Crippen LogP contribution in [0, 0.1) is 0 Å². The van der Waals surface area contributed by atoms with E-state index >= 15 is 0 Å². The highest BCUT2D eigenvalue weighted by atomic mass is 16.3. The van der Waals surface area contributed by atoms with Gasteiger partial charge in [0.15, 0.2) is 0 Å². The molecule has 3 rings (SSSR count). The molecule has 1 amide bonds. The first-order chi connectivity index (χ1) is 10.2. The average molecular weight is 285 g/mol. The zero-order chi connectivity index (χ0) is 14.8. The molecule has 0 aliphatic carbocycles. The standard InChI is InChI=1S/C17H19NO3/c1-2-15-13(8-9-21-15)17(20)12-6-7-14-11(10-12)4-3-5-16(19)18-14/h6-10,17,20H,2-5H2,1H3,(H,18,19). The second-order valence-corrected chi connectivity index (χ2v) is 5.37. The van der Waals surface area contributed by atoms with Crippen LogP contribution < -0.4 is 5.32 Å². The number of rotatable bonds is 3. The lowest BCUT2D eigenvalue weighted by Gasteiger charge is -2.14. The van der Waals surface area contributed by atoms with Gasteiger partial charge in [-0.15, -0.1) is 0 Å². The molecular formula is C17H19NO3. The number of anilines is 1. The van der Waals surface area contributed by atoms with E-state index in [9.17, 15) is 9.90 Å². The lowest BCUT2D eigenvalue weighted by Crippen LogP contribution is -2.09. The first kappa shape index (κ1) is 13.9. The minimum atomic E-state index is -0.692. The van der Waals surface area contributed by atoms with Crippen molar-refractivity contribution in [3.63, 3.8) is 0 Å². The molecule has 2 aromatic rings. The van der Waals surface area contributed by atoms with E-state index in [1.807, 2.05) is 31.2 Å². The van der Waals surface area contributed by atoms with Gasteiger partial charge in [-0.05, 0) is 36.1 Å². The van der Waals surface area contributed by atoms with Gasteiger partial charge in [-0.2, -0.15) is 0 Å². The van der Waals surface area contributed by atoms with Crippen molar-refractivity contribution in [1.82, 2.24) is 0 Å². The van der Waals surface area contributed by atoms with Gasteiger partial charge in [-0.1, -0.05) is 19.1 Å². The van der Waals surface area contributed by atoms with Gasteiger partial charge in [0.05, 0.1) is 6.26 Å². The van der Waals surface area contributed by atoms with Crippen molar-refractivity contribution in [2.45, 2.75) is 38.7 Å². The van der Waals surface area contributed by atoms with Gasteiger partial charge < -0.3 is 14.8 Å². The number of hydrogen-bond donors (Lipinski definition) is 2. The number of carbonyl (C=O) groups is 1. The molecule has 1 unspecified atom stereocenters. The lowest BCUT2D eigenvalue weighted by atomic mass is 9.97. The Balaban J connectivity index is 1.93. The Kier molecular flexibility index (Phi) is 3.80. The second-order valence-electron chi connectivity index (χ2n) is 5.37. The van der Waals surface area contributed by atoms with Crippen molar-refractivity contribution >= 4 is 11.6 Å². The maximum absolute atomic E-state index is 11.6. The van der Waals surface area contributed by atoms with Gasteiger partial charge in [0.1, 0.15) is 11.9 Å². The van der Waals surface area contributed by atoms with E-state index in [1.165, 1.54) is 0 Å². The largest absolute Gasteiger partial charge is 0.469 e. The first-order valence-corrected chi connectivity index (χ1v) is 7.36. The van der Waals surface area contributed by atoms with Crippen LogP contribution in [0.3, 0.4) is 0 Å². The molecule has 2 heterocycles. The van der Waals surface area contributed by atoms with Crippen LogP contribution in [0.2, 0.25) is 0 Å². The molecule has 4 heteroatoms. The van der Waals surface area contributed by atoms with Crippen molar-refractivity contribution in [3.05, 3.63) is 53.0 Å². The Labute approximate surface area is 123 Å². The molecule has 0 saturated carbocycles. The molecule has 0 spiro atoms. The highest BCUT2D eigenvalue weighted by Crippen LogP contribution is 2.30. The highest BCUT2D eigenvalue weighted by molar-refractivity contribution is 5.92. The summed E-state index contributed by atoms with van der Waals surface area (Å²) in [5.41, 5.74) is 3.59. The number of aliphatic hydroxyl groups is 1. The SMILES string of the molecule is CCc1occc1C(O)c1ccc2c(c1)CCCC(=O)N2. The first-order valence-electron chi connectivity index (χ1n) is 7.36. The van der Waals surface area contributed by atoms with E-state index in [0.717, 1.165) is 47.4 Å². The Morgan fingerprint density at radius 2 is 2.19 bits per heavy atom. The number of furan rings is 1.